The first-order valence-electron chi connectivity index (χ1n) is 5.56. The zero-order valence-corrected chi connectivity index (χ0v) is 11.7. The van der Waals surface area contributed by atoms with Crippen molar-refractivity contribution in [2.24, 2.45) is 5.41 Å². The molecule has 8 heteroatoms. The van der Waals surface area contributed by atoms with Gasteiger partial charge in [0.15, 0.2) is 0 Å². The first-order chi connectivity index (χ1) is 8.28. The number of ether oxygens (including phenoxy) is 1. The molecule has 0 fully saturated rings. The van der Waals surface area contributed by atoms with Gasteiger partial charge in [0.1, 0.15) is 10.7 Å². The molecular weight excluding hydrogens is 256 g/mol. The fourth-order valence-electron chi connectivity index (χ4n) is 1.33. The van der Waals surface area contributed by atoms with Crippen molar-refractivity contribution in [3.05, 3.63) is 6.20 Å². The van der Waals surface area contributed by atoms with Crippen LogP contribution in [0.25, 0.3) is 0 Å². The Morgan fingerprint density at radius 1 is 1.56 bits per heavy atom. The number of nitrogens with one attached hydrogen (secondary N) is 2. The van der Waals surface area contributed by atoms with Crippen LogP contribution < -0.4 is 10.5 Å². The van der Waals surface area contributed by atoms with Crippen LogP contribution >= 0.6 is 0 Å². The van der Waals surface area contributed by atoms with E-state index in [1.807, 2.05) is 13.8 Å². The maximum atomic E-state index is 12.0. The number of H-pyrrole nitrogens is 1. The topological polar surface area (TPSA) is 110 Å². The van der Waals surface area contributed by atoms with E-state index in [-0.39, 0.29) is 16.1 Å². The van der Waals surface area contributed by atoms with Crippen molar-refractivity contribution in [3.63, 3.8) is 0 Å². The molecule has 0 saturated carbocycles. The summed E-state index contributed by atoms with van der Waals surface area (Å²) < 4.78 is 31.4. The maximum Gasteiger partial charge on any atom is 0.245 e. The van der Waals surface area contributed by atoms with Gasteiger partial charge in [-0.05, 0) is 11.8 Å². The van der Waals surface area contributed by atoms with Gasteiger partial charge in [-0.2, -0.15) is 5.10 Å². The zero-order valence-electron chi connectivity index (χ0n) is 10.9. The minimum Gasteiger partial charge on any atom is -0.385 e. The summed E-state index contributed by atoms with van der Waals surface area (Å²) in [7, 11) is -2.00. The molecule has 0 aliphatic carbocycles. The summed E-state index contributed by atoms with van der Waals surface area (Å²) in [6.45, 7) is 4.83. The van der Waals surface area contributed by atoms with Crippen LogP contribution in [0.5, 0.6) is 0 Å². The SMILES string of the molecule is COCCC(C)(C)CNS(=O)(=O)c1cn[nH]c1N. The standard InChI is InChI=1S/C10H20N4O3S/c1-10(2,4-5-17-3)7-13-18(15,16)8-6-12-14-9(8)11/h6,13H,4-5,7H2,1-3H3,(H3,11,12,14). The number of methoxy groups -OCH3 is 1. The molecule has 0 atom stereocenters. The average molecular weight is 276 g/mol. The first kappa shape index (κ1) is 14.9. The van der Waals surface area contributed by atoms with Crippen LogP contribution in [0.1, 0.15) is 20.3 Å². The number of rotatable bonds is 7. The highest BCUT2D eigenvalue weighted by Crippen LogP contribution is 2.21. The minimum atomic E-state index is -3.62. The number of sulfonamides is 1. The lowest BCUT2D eigenvalue weighted by Crippen LogP contribution is -2.34. The number of hydrogen-bond acceptors (Lipinski definition) is 5. The summed E-state index contributed by atoms with van der Waals surface area (Å²) in [5, 5.41) is 5.99. The quantitative estimate of drug-likeness (QED) is 0.665. The molecule has 0 amide bonds. The Balaban J connectivity index is 2.66. The van der Waals surface area contributed by atoms with Crippen molar-refractivity contribution in [1.82, 2.24) is 14.9 Å². The number of nitrogens with two attached hydrogens (primary N) is 1. The fourth-order valence-corrected chi connectivity index (χ4v) is 2.60. The summed E-state index contributed by atoms with van der Waals surface area (Å²) in [6, 6.07) is 0. The monoisotopic (exact) mass is 276 g/mol. The molecule has 0 aromatic carbocycles. The van der Waals surface area contributed by atoms with Crippen LogP contribution in [0.15, 0.2) is 11.1 Å². The Hall–Kier alpha value is -1.12. The first-order valence-corrected chi connectivity index (χ1v) is 7.04. The van der Waals surface area contributed by atoms with Crippen molar-refractivity contribution in [2.75, 3.05) is 26.0 Å². The number of nitrogen functional groups attached to an aromatic ring is 1. The predicted octanol–water partition coefficient (Wildman–Crippen LogP) is 0.333. The van der Waals surface area contributed by atoms with Crippen LogP contribution in [-0.4, -0.2) is 38.9 Å². The second kappa shape index (κ2) is 5.68. The number of aromatic amines is 1. The van der Waals surface area contributed by atoms with Gasteiger partial charge in [-0.25, -0.2) is 13.1 Å². The van der Waals surface area contributed by atoms with Crippen molar-refractivity contribution in [3.8, 4) is 0 Å². The molecule has 4 N–H and O–H groups in total. The Morgan fingerprint density at radius 3 is 2.72 bits per heavy atom. The van der Waals surface area contributed by atoms with Crippen LogP contribution in [0.3, 0.4) is 0 Å². The maximum absolute atomic E-state index is 12.0. The van der Waals surface area contributed by atoms with Crippen molar-refractivity contribution >= 4 is 15.8 Å². The Labute approximate surface area is 107 Å². The van der Waals surface area contributed by atoms with Crippen molar-refractivity contribution in [2.45, 2.75) is 25.2 Å². The van der Waals surface area contributed by atoms with Gasteiger partial charge in [-0.1, -0.05) is 13.8 Å². The second-order valence-corrected chi connectivity index (χ2v) is 6.61. The number of nitrogens with zero attached hydrogens (tertiary/aromatic N) is 1. The Bertz CT molecular complexity index is 481. The molecule has 0 aliphatic heterocycles. The lowest BCUT2D eigenvalue weighted by atomic mass is 9.90. The van der Waals surface area contributed by atoms with E-state index < -0.39 is 10.0 Å². The highest BCUT2D eigenvalue weighted by atomic mass is 32.2. The van der Waals surface area contributed by atoms with Crippen molar-refractivity contribution < 1.29 is 13.2 Å². The fraction of sp³-hybridized carbons (Fsp3) is 0.700. The van der Waals surface area contributed by atoms with E-state index in [0.717, 1.165) is 6.42 Å². The van der Waals surface area contributed by atoms with E-state index >= 15 is 0 Å². The van der Waals surface area contributed by atoms with Crippen LogP contribution in [-0.2, 0) is 14.8 Å². The molecule has 1 heterocycles. The molecule has 1 aromatic rings. The molecule has 0 unspecified atom stereocenters. The summed E-state index contributed by atoms with van der Waals surface area (Å²) in [5.74, 6) is 0.0391. The summed E-state index contributed by atoms with van der Waals surface area (Å²) in [4.78, 5) is -0.0231. The second-order valence-electron chi connectivity index (χ2n) is 4.88. The van der Waals surface area contributed by atoms with Gasteiger partial charge in [0.05, 0.1) is 6.20 Å². The third-order valence-electron chi connectivity index (χ3n) is 2.65. The molecule has 1 aromatic heterocycles. The molecule has 7 nitrogen and oxygen atoms in total. The van der Waals surface area contributed by atoms with Gasteiger partial charge in [-0.3, -0.25) is 5.10 Å². The molecule has 1 rings (SSSR count). The lowest BCUT2D eigenvalue weighted by Gasteiger charge is -2.24. The molecule has 104 valence electrons. The van der Waals surface area contributed by atoms with Gasteiger partial charge in [0.25, 0.3) is 0 Å². The highest BCUT2D eigenvalue weighted by Gasteiger charge is 2.24. The molecule has 0 aliphatic rings. The smallest absolute Gasteiger partial charge is 0.245 e. The van der Waals surface area contributed by atoms with Gasteiger partial charge in [0, 0.05) is 20.3 Å². The van der Waals surface area contributed by atoms with Crippen LogP contribution in [0, 0.1) is 5.41 Å². The molecule has 0 spiro atoms. The van der Waals surface area contributed by atoms with E-state index in [1.165, 1.54) is 6.20 Å². The summed E-state index contributed by atoms with van der Waals surface area (Å²) in [5.41, 5.74) is 5.30. The molecule has 0 saturated heterocycles. The van der Waals surface area contributed by atoms with Crippen molar-refractivity contribution in [1.29, 1.82) is 0 Å². The lowest BCUT2D eigenvalue weighted by molar-refractivity contribution is 0.153. The third kappa shape index (κ3) is 3.97. The largest absolute Gasteiger partial charge is 0.385 e. The van der Waals surface area contributed by atoms with Gasteiger partial charge >= 0.3 is 0 Å². The van der Waals surface area contributed by atoms with Gasteiger partial charge in [-0.15, -0.1) is 0 Å². The van der Waals surface area contributed by atoms with E-state index in [0.29, 0.717) is 13.2 Å². The average Bonchev–Trinajstić information content (AvgIpc) is 2.71. The van der Waals surface area contributed by atoms with Crippen LogP contribution in [0.2, 0.25) is 0 Å². The zero-order chi connectivity index (χ0) is 13.8. The molecule has 18 heavy (non-hydrogen) atoms. The Morgan fingerprint density at radius 2 is 2.22 bits per heavy atom. The summed E-state index contributed by atoms with van der Waals surface area (Å²) >= 11 is 0. The normalized spacial score (nSPS) is 12.8. The van der Waals surface area contributed by atoms with E-state index in [1.54, 1.807) is 7.11 Å². The van der Waals surface area contributed by atoms with Gasteiger partial charge < -0.3 is 10.5 Å². The summed E-state index contributed by atoms with van der Waals surface area (Å²) in [6.07, 6.45) is 1.95. The van der Waals surface area contributed by atoms with E-state index in [4.69, 9.17) is 10.5 Å². The molecular formula is C10H20N4O3S. The van der Waals surface area contributed by atoms with Crippen LogP contribution in [0.4, 0.5) is 5.82 Å². The van der Waals surface area contributed by atoms with E-state index in [9.17, 15) is 8.42 Å². The number of anilines is 1. The van der Waals surface area contributed by atoms with E-state index in [2.05, 4.69) is 14.9 Å². The Kier molecular flexibility index (Phi) is 4.71. The molecule has 0 radical (unpaired) electrons. The third-order valence-corrected chi connectivity index (χ3v) is 4.07. The molecule has 0 bridgehead atoms. The van der Waals surface area contributed by atoms with Gasteiger partial charge in [0.2, 0.25) is 10.0 Å². The minimum absolute atomic E-state index is 0.0231. The number of aromatic nitrogens is 2. The predicted molar refractivity (Wildman–Crippen MR) is 68.5 cm³/mol. The number of hydrogen-bond donors (Lipinski definition) is 3. The highest BCUT2D eigenvalue weighted by molar-refractivity contribution is 7.89.